The van der Waals surface area contributed by atoms with Crippen LogP contribution in [0.1, 0.15) is 0 Å². The van der Waals surface area contributed by atoms with Gasteiger partial charge in [-0.2, -0.15) is 9.36 Å². The van der Waals surface area contributed by atoms with Gasteiger partial charge in [0.25, 0.3) is 0 Å². The first-order chi connectivity index (χ1) is 11.1. The highest BCUT2D eigenvalue weighted by Gasteiger charge is 2.14. The zero-order valence-electron chi connectivity index (χ0n) is 12.0. The molecule has 3 aromatic rings. The van der Waals surface area contributed by atoms with E-state index in [9.17, 15) is 8.42 Å². The van der Waals surface area contributed by atoms with Crippen molar-refractivity contribution in [3.63, 3.8) is 0 Å². The fraction of sp³-hybridized carbons (Fsp3) is 0.143. The fourth-order valence-electron chi connectivity index (χ4n) is 1.84. The summed E-state index contributed by atoms with van der Waals surface area (Å²) in [5.41, 5.74) is 0.954. The Hall–Kier alpha value is -1.81. The molecule has 0 bridgehead atoms. The monoisotopic (exact) mass is 366 g/mol. The van der Waals surface area contributed by atoms with Gasteiger partial charge in [0.15, 0.2) is 5.82 Å². The SMILES string of the molecule is O=S(=O)(NCCNc1nc(-c2ccccc2)ns1)c1cccs1. The number of sulfonamides is 1. The van der Waals surface area contributed by atoms with Gasteiger partial charge in [-0.05, 0) is 11.4 Å². The summed E-state index contributed by atoms with van der Waals surface area (Å²) in [5, 5.41) is 5.48. The van der Waals surface area contributed by atoms with Gasteiger partial charge in [0.2, 0.25) is 15.2 Å². The molecule has 0 spiro atoms. The van der Waals surface area contributed by atoms with Gasteiger partial charge in [0, 0.05) is 30.2 Å². The molecule has 0 unspecified atom stereocenters. The molecule has 0 fully saturated rings. The third-order valence-corrected chi connectivity index (χ3v) is 6.44. The predicted octanol–water partition coefficient (Wildman–Crippen LogP) is 2.66. The molecule has 2 aromatic heterocycles. The van der Waals surface area contributed by atoms with Gasteiger partial charge in [0.1, 0.15) is 4.21 Å². The second-order valence-corrected chi connectivity index (χ2v) is 8.24. The van der Waals surface area contributed by atoms with Crippen molar-refractivity contribution in [2.45, 2.75) is 4.21 Å². The van der Waals surface area contributed by atoms with Crippen LogP contribution in [-0.2, 0) is 10.0 Å². The fourth-order valence-corrected chi connectivity index (χ4v) is 4.52. The van der Waals surface area contributed by atoms with E-state index in [1.165, 1.54) is 22.9 Å². The molecule has 3 rings (SSSR count). The van der Waals surface area contributed by atoms with E-state index in [0.717, 1.165) is 5.56 Å². The average molecular weight is 366 g/mol. The molecule has 0 saturated heterocycles. The van der Waals surface area contributed by atoms with Gasteiger partial charge in [-0.3, -0.25) is 0 Å². The largest absolute Gasteiger partial charge is 0.359 e. The lowest BCUT2D eigenvalue weighted by Crippen LogP contribution is -2.28. The van der Waals surface area contributed by atoms with Crippen LogP contribution >= 0.6 is 22.9 Å². The Morgan fingerprint density at radius 3 is 2.61 bits per heavy atom. The van der Waals surface area contributed by atoms with Gasteiger partial charge in [-0.1, -0.05) is 36.4 Å². The zero-order valence-corrected chi connectivity index (χ0v) is 14.4. The summed E-state index contributed by atoms with van der Waals surface area (Å²) in [6.45, 7) is 0.717. The van der Waals surface area contributed by atoms with Crippen LogP contribution in [0.25, 0.3) is 11.4 Å². The van der Waals surface area contributed by atoms with Crippen LogP contribution in [-0.4, -0.2) is 30.9 Å². The third kappa shape index (κ3) is 4.14. The van der Waals surface area contributed by atoms with E-state index >= 15 is 0 Å². The molecule has 6 nitrogen and oxygen atoms in total. The van der Waals surface area contributed by atoms with E-state index in [4.69, 9.17) is 0 Å². The number of thiophene rings is 1. The van der Waals surface area contributed by atoms with Crippen molar-refractivity contribution in [1.82, 2.24) is 14.1 Å². The van der Waals surface area contributed by atoms with Crippen molar-refractivity contribution >= 4 is 38.0 Å². The molecule has 0 saturated carbocycles. The smallest absolute Gasteiger partial charge is 0.250 e. The van der Waals surface area contributed by atoms with Crippen LogP contribution < -0.4 is 10.0 Å². The van der Waals surface area contributed by atoms with Gasteiger partial charge in [-0.25, -0.2) is 13.1 Å². The van der Waals surface area contributed by atoms with Crippen LogP contribution in [0.5, 0.6) is 0 Å². The van der Waals surface area contributed by atoms with Crippen molar-refractivity contribution in [1.29, 1.82) is 0 Å². The Labute approximate surface area is 142 Å². The number of aromatic nitrogens is 2. The zero-order chi connectivity index (χ0) is 16.1. The molecule has 2 N–H and O–H groups in total. The molecule has 9 heteroatoms. The number of hydrogen-bond acceptors (Lipinski definition) is 7. The number of rotatable bonds is 7. The number of benzene rings is 1. The van der Waals surface area contributed by atoms with Crippen LogP contribution in [0.4, 0.5) is 5.13 Å². The Balaban J connectivity index is 1.51. The predicted molar refractivity (Wildman–Crippen MR) is 93.3 cm³/mol. The second-order valence-electron chi connectivity index (χ2n) is 4.55. The summed E-state index contributed by atoms with van der Waals surface area (Å²) in [5.74, 6) is 0.664. The van der Waals surface area contributed by atoms with Gasteiger partial charge in [0.05, 0.1) is 0 Å². The minimum Gasteiger partial charge on any atom is -0.359 e. The summed E-state index contributed by atoms with van der Waals surface area (Å²) in [4.78, 5) is 4.39. The minimum atomic E-state index is -3.41. The van der Waals surface area contributed by atoms with Crippen molar-refractivity contribution in [2.75, 3.05) is 18.4 Å². The standard InChI is InChI=1S/C14H14N4O2S3/c19-23(20,12-7-4-10-21-12)16-9-8-15-14-17-13(18-22-14)11-5-2-1-3-6-11/h1-7,10,16H,8-9H2,(H,15,17,18). The summed E-state index contributed by atoms with van der Waals surface area (Å²) in [7, 11) is -3.41. The molecule has 0 amide bonds. The van der Waals surface area contributed by atoms with Crippen molar-refractivity contribution < 1.29 is 8.42 Å². The number of nitrogens with one attached hydrogen (secondary N) is 2. The number of hydrogen-bond donors (Lipinski definition) is 2. The van der Waals surface area contributed by atoms with Gasteiger partial charge in [-0.15, -0.1) is 11.3 Å². The highest BCUT2D eigenvalue weighted by Crippen LogP contribution is 2.20. The first-order valence-corrected chi connectivity index (χ1v) is 9.95. The maximum Gasteiger partial charge on any atom is 0.250 e. The maximum absolute atomic E-state index is 11.9. The highest BCUT2D eigenvalue weighted by atomic mass is 32.2. The molecular weight excluding hydrogens is 352 g/mol. The van der Waals surface area contributed by atoms with E-state index in [1.54, 1.807) is 17.5 Å². The summed E-state index contributed by atoms with van der Waals surface area (Å²) < 4.78 is 31.0. The summed E-state index contributed by atoms with van der Waals surface area (Å²) >= 11 is 2.45. The van der Waals surface area contributed by atoms with Crippen LogP contribution in [0, 0.1) is 0 Å². The lowest BCUT2D eigenvalue weighted by molar-refractivity contribution is 0.585. The van der Waals surface area contributed by atoms with Gasteiger partial charge < -0.3 is 5.32 Å². The Morgan fingerprint density at radius 2 is 1.87 bits per heavy atom. The average Bonchev–Trinajstić information content (AvgIpc) is 3.24. The topological polar surface area (TPSA) is 84.0 Å². The van der Waals surface area contributed by atoms with E-state index in [0.29, 0.717) is 21.7 Å². The van der Waals surface area contributed by atoms with E-state index in [-0.39, 0.29) is 6.54 Å². The number of nitrogens with zero attached hydrogens (tertiary/aromatic N) is 2. The molecule has 1 aromatic carbocycles. The maximum atomic E-state index is 11.9. The van der Waals surface area contributed by atoms with Crippen LogP contribution in [0.2, 0.25) is 0 Å². The van der Waals surface area contributed by atoms with Crippen LogP contribution in [0.15, 0.2) is 52.1 Å². The van der Waals surface area contributed by atoms with Crippen molar-refractivity contribution in [3.8, 4) is 11.4 Å². The lowest BCUT2D eigenvalue weighted by Gasteiger charge is -2.05. The second kappa shape index (κ2) is 7.18. The third-order valence-electron chi connectivity index (χ3n) is 2.91. The Kier molecular flexibility index (Phi) is 5.01. The quantitative estimate of drug-likeness (QED) is 0.628. The van der Waals surface area contributed by atoms with Crippen LogP contribution in [0.3, 0.4) is 0 Å². The molecule has 0 aliphatic carbocycles. The molecule has 0 atom stereocenters. The van der Waals surface area contributed by atoms with E-state index in [2.05, 4.69) is 19.4 Å². The Bertz CT molecular complexity index is 845. The van der Waals surface area contributed by atoms with Crippen molar-refractivity contribution in [3.05, 3.63) is 47.8 Å². The normalized spacial score (nSPS) is 11.5. The molecular formula is C14H14N4O2S3. The molecule has 0 aliphatic rings. The molecule has 120 valence electrons. The van der Waals surface area contributed by atoms with Crippen molar-refractivity contribution in [2.24, 2.45) is 0 Å². The molecule has 2 heterocycles. The molecule has 23 heavy (non-hydrogen) atoms. The van der Waals surface area contributed by atoms with E-state index in [1.807, 2.05) is 30.3 Å². The minimum absolute atomic E-state index is 0.278. The summed E-state index contributed by atoms with van der Waals surface area (Å²) in [6, 6.07) is 13.0. The highest BCUT2D eigenvalue weighted by molar-refractivity contribution is 7.91. The Morgan fingerprint density at radius 1 is 1.04 bits per heavy atom. The lowest BCUT2D eigenvalue weighted by atomic mass is 10.2. The molecule has 0 radical (unpaired) electrons. The number of anilines is 1. The van der Waals surface area contributed by atoms with E-state index < -0.39 is 10.0 Å². The first-order valence-electron chi connectivity index (χ1n) is 6.81. The summed E-state index contributed by atoms with van der Waals surface area (Å²) in [6.07, 6.45) is 0. The molecule has 0 aliphatic heterocycles. The van der Waals surface area contributed by atoms with Gasteiger partial charge >= 0.3 is 0 Å². The first kappa shape index (κ1) is 16.1.